The minimum absolute atomic E-state index is 0.0162. The lowest BCUT2D eigenvalue weighted by molar-refractivity contribution is -0.343. The minimum atomic E-state index is -0.816. The molecule has 1 aliphatic heterocycles. The van der Waals surface area contributed by atoms with Crippen molar-refractivity contribution in [1.82, 2.24) is 0 Å². The number of hydrogen-bond acceptors (Lipinski definition) is 3. The molecule has 1 heterocycles. The molecule has 0 saturated carbocycles. The second-order valence-electron chi connectivity index (χ2n) is 6.12. The van der Waals surface area contributed by atoms with E-state index in [4.69, 9.17) is 9.47 Å². The van der Waals surface area contributed by atoms with Crippen molar-refractivity contribution < 1.29 is 14.3 Å². The molecule has 0 spiro atoms. The van der Waals surface area contributed by atoms with Gasteiger partial charge in [0.05, 0.1) is 12.2 Å². The molecule has 0 aromatic heterocycles. The Kier molecular flexibility index (Phi) is 5.17. The van der Waals surface area contributed by atoms with Crippen LogP contribution in [-0.2, 0) is 20.1 Å². The van der Waals surface area contributed by atoms with Gasteiger partial charge >= 0.3 is 0 Å². The Hall–Kier alpha value is -1.19. The maximum atomic E-state index is 11.9. The molecule has 0 aliphatic carbocycles. The lowest BCUT2D eigenvalue weighted by Gasteiger charge is -2.46. The van der Waals surface area contributed by atoms with Gasteiger partial charge in [0.1, 0.15) is 5.78 Å². The Balaban J connectivity index is 2.36. The largest absolute Gasteiger partial charge is 0.342 e. The molecule has 2 rings (SSSR count). The second kappa shape index (κ2) is 6.71. The Morgan fingerprint density at radius 1 is 1.24 bits per heavy atom. The number of hydrogen-bond donors (Lipinski definition) is 0. The Labute approximate surface area is 127 Å². The van der Waals surface area contributed by atoms with Crippen LogP contribution in [0.15, 0.2) is 30.3 Å². The van der Waals surface area contributed by atoms with Crippen molar-refractivity contribution in [3.05, 3.63) is 35.9 Å². The van der Waals surface area contributed by atoms with E-state index in [1.807, 2.05) is 44.2 Å². The van der Waals surface area contributed by atoms with Gasteiger partial charge in [-0.2, -0.15) is 0 Å². The molecule has 1 saturated heterocycles. The number of ketones is 1. The summed E-state index contributed by atoms with van der Waals surface area (Å²) < 4.78 is 12.5. The van der Waals surface area contributed by atoms with Gasteiger partial charge < -0.3 is 9.47 Å². The summed E-state index contributed by atoms with van der Waals surface area (Å²) in [5.41, 5.74) is 1.000. The van der Waals surface area contributed by atoms with E-state index in [1.165, 1.54) is 0 Å². The van der Waals surface area contributed by atoms with Crippen LogP contribution < -0.4 is 0 Å². The van der Waals surface area contributed by atoms with Crippen molar-refractivity contribution in [1.29, 1.82) is 0 Å². The van der Waals surface area contributed by atoms with Crippen LogP contribution in [0.2, 0.25) is 0 Å². The number of benzene rings is 1. The predicted molar refractivity (Wildman–Crippen MR) is 82.9 cm³/mol. The zero-order valence-electron chi connectivity index (χ0n) is 13.5. The van der Waals surface area contributed by atoms with E-state index in [0.717, 1.165) is 12.0 Å². The number of rotatable bonds is 5. The summed E-state index contributed by atoms with van der Waals surface area (Å²) in [7, 11) is 0. The summed E-state index contributed by atoms with van der Waals surface area (Å²) >= 11 is 0. The van der Waals surface area contributed by atoms with Gasteiger partial charge in [0.15, 0.2) is 5.79 Å². The third-order valence-electron chi connectivity index (χ3n) is 4.17. The van der Waals surface area contributed by atoms with Gasteiger partial charge in [0.25, 0.3) is 0 Å². The highest BCUT2D eigenvalue weighted by Gasteiger charge is 2.46. The second-order valence-corrected chi connectivity index (χ2v) is 6.12. The normalized spacial score (nSPS) is 30.9. The van der Waals surface area contributed by atoms with E-state index < -0.39 is 5.79 Å². The fourth-order valence-corrected chi connectivity index (χ4v) is 3.13. The Morgan fingerprint density at radius 2 is 1.81 bits per heavy atom. The summed E-state index contributed by atoms with van der Waals surface area (Å²) in [6.45, 7) is 8.10. The third-order valence-corrected chi connectivity index (χ3v) is 4.17. The van der Waals surface area contributed by atoms with Gasteiger partial charge in [-0.1, -0.05) is 44.2 Å². The van der Waals surface area contributed by atoms with E-state index in [-0.39, 0.29) is 23.9 Å². The number of Topliss-reactive ketones (excluding diaryl/α,β-unsaturated/α-hetero) is 1. The van der Waals surface area contributed by atoms with Gasteiger partial charge in [-0.05, 0) is 20.3 Å². The van der Waals surface area contributed by atoms with Crippen LogP contribution >= 0.6 is 0 Å². The van der Waals surface area contributed by atoms with Gasteiger partial charge in [-0.15, -0.1) is 0 Å². The molecule has 3 atom stereocenters. The third kappa shape index (κ3) is 3.53. The molecular formula is C18H26O3. The smallest absolute Gasteiger partial charge is 0.198 e. The van der Waals surface area contributed by atoms with Crippen LogP contribution in [-0.4, -0.2) is 18.0 Å². The van der Waals surface area contributed by atoms with Crippen molar-refractivity contribution >= 4 is 5.78 Å². The molecule has 0 N–H and O–H groups in total. The van der Waals surface area contributed by atoms with Crippen molar-refractivity contribution in [2.45, 2.75) is 65.0 Å². The monoisotopic (exact) mass is 290 g/mol. The molecule has 0 amide bonds. The van der Waals surface area contributed by atoms with Crippen LogP contribution in [0.3, 0.4) is 0 Å². The van der Waals surface area contributed by atoms with Gasteiger partial charge in [-0.25, -0.2) is 0 Å². The zero-order valence-corrected chi connectivity index (χ0v) is 13.5. The summed E-state index contributed by atoms with van der Waals surface area (Å²) in [4.78, 5) is 11.9. The summed E-state index contributed by atoms with van der Waals surface area (Å²) in [5.74, 6) is -0.586. The van der Waals surface area contributed by atoms with Crippen LogP contribution in [0.4, 0.5) is 0 Å². The summed E-state index contributed by atoms with van der Waals surface area (Å²) in [5, 5.41) is 0. The molecule has 1 fully saturated rings. The molecule has 0 bridgehead atoms. The minimum Gasteiger partial charge on any atom is -0.342 e. The van der Waals surface area contributed by atoms with Gasteiger partial charge in [-0.3, -0.25) is 4.79 Å². The zero-order chi connectivity index (χ0) is 15.5. The highest BCUT2D eigenvalue weighted by atomic mass is 16.7. The molecule has 3 nitrogen and oxygen atoms in total. The predicted octanol–water partition coefficient (Wildman–Crippen LogP) is 4.06. The van der Waals surface area contributed by atoms with Crippen molar-refractivity contribution in [2.75, 3.05) is 0 Å². The highest BCUT2D eigenvalue weighted by Crippen LogP contribution is 2.43. The van der Waals surface area contributed by atoms with E-state index in [9.17, 15) is 4.79 Å². The van der Waals surface area contributed by atoms with Crippen LogP contribution in [0.5, 0.6) is 0 Å². The first-order valence-corrected chi connectivity index (χ1v) is 7.90. The van der Waals surface area contributed by atoms with Crippen molar-refractivity contribution in [3.63, 3.8) is 0 Å². The maximum Gasteiger partial charge on any atom is 0.198 e. The topological polar surface area (TPSA) is 35.5 Å². The van der Waals surface area contributed by atoms with E-state index in [1.54, 1.807) is 0 Å². The number of ether oxygens (including phenoxy) is 2. The van der Waals surface area contributed by atoms with Crippen molar-refractivity contribution in [2.24, 2.45) is 5.92 Å². The number of carbonyl (C=O) groups excluding carboxylic acids is 1. The quantitative estimate of drug-likeness (QED) is 0.820. The summed E-state index contributed by atoms with van der Waals surface area (Å²) in [6.07, 6.45) is 2.15. The Bertz CT molecular complexity index is 459. The van der Waals surface area contributed by atoms with Crippen LogP contribution in [0.1, 0.15) is 52.5 Å². The summed E-state index contributed by atoms with van der Waals surface area (Å²) in [6, 6.07) is 10.0. The first-order chi connectivity index (χ1) is 9.98. The Morgan fingerprint density at radius 3 is 2.33 bits per heavy atom. The molecule has 0 radical (unpaired) electrons. The van der Waals surface area contributed by atoms with Crippen molar-refractivity contribution in [3.8, 4) is 0 Å². The van der Waals surface area contributed by atoms with Gasteiger partial charge in [0, 0.05) is 24.3 Å². The number of carbonyl (C=O) groups is 1. The average molecular weight is 290 g/mol. The van der Waals surface area contributed by atoms with Gasteiger partial charge in [0.2, 0.25) is 0 Å². The van der Waals surface area contributed by atoms with Crippen LogP contribution in [0, 0.1) is 5.92 Å². The highest BCUT2D eigenvalue weighted by molar-refractivity contribution is 5.78. The lowest BCUT2D eigenvalue weighted by atomic mass is 9.86. The molecule has 1 aromatic rings. The van der Waals surface area contributed by atoms with E-state index in [0.29, 0.717) is 12.8 Å². The molecule has 1 aromatic carbocycles. The van der Waals surface area contributed by atoms with Crippen LogP contribution in [0.25, 0.3) is 0 Å². The molecule has 0 unspecified atom stereocenters. The first-order valence-electron chi connectivity index (χ1n) is 7.90. The SMILES string of the molecule is CCC(=O)C[C@H](C)C1(c2ccccc2)O[C@H](C)C[C@@H](C)O1. The molecule has 3 heteroatoms. The van der Waals surface area contributed by atoms with E-state index in [2.05, 4.69) is 13.8 Å². The molecule has 116 valence electrons. The maximum absolute atomic E-state index is 11.9. The standard InChI is InChI=1S/C18H26O3/c1-5-17(19)11-13(2)18(16-9-7-6-8-10-16)20-14(3)12-15(4)21-18/h6-10,13-15H,5,11-12H2,1-4H3/t13-,14+,15+/m0/s1. The lowest BCUT2D eigenvalue weighted by Crippen LogP contribution is -2.49. The fourth-order valence-electron chi connectivity index (χ4n) is 3.13. The fraction of sp³-hybridized carbons (Fsp3) is 0.611. The van der Waals surface area contributed by atoms with E-state index >= 15 is 0 Å². The average Bonchev–Trinajstić information content (AvgIpc) is 2.46. The first kappa shape index (κ1) is 16.2. The molecule has 1 aliphatic rings. The molecular weight excluding hydrogens is 264 g/mol. The molecule has 21 heavy (non-hydrogen) atoms.